The van der Waals surface area contributed by atoms with Crippen LogP contribution in [0.4, 0.5) is 0 Å². The highest BCUT2D eigenvalue weighted by Gasteiger charge is 2.08. The monoisotopic (exact) mass is 393 g/mol. The Kier molecular flexibility index (Phi) is 9.01. The Bertz CT molecular complexity index is 622. The number of benzene rings is 2. The Morgan fingerprint density at radius 2 is 1.79 bits per heavy atom. The van der Waals surface area contributed by atoms with Crippen molar-refractivity contribution in [2.45, 2.75) is 45.3 Å². The zero-order valence-corrected chi connectivity index (χ0v) is 16.6. The lowest BCUT2D eigenvalue weighted by Gasteiger charge is -2.15. The lowest BCUT2D eigenvalue weighted by molar-refractivity contribution is -0.110. The third kappa shape index (κ3) is 7.93. The first-order valence-electron chi connectivity index (χ1n) is 8.18. The molecule has 0 aliphatic rings. The quantitative estimate of drug-likeness (QED) is 0.569. The van der Waals surface area contributed by atoms with Crippen LogP contribution in [-0.4, -0.2) is 30.5 Å². The van der Waals surface area contributed by atoms with Crippen LogP contribution >= 0.6 is 15.9 Å². The molecule has 0 bridgehead atoms. The minimum absolute atomic E-state index is 0.0417. The number of ether oxygens (including phenoxy) is 1. The first kappa shape index (κ1) is 20.7. The summed E-state index contributed by atoms with van der Waals surface area (Å²) < 4.78 is 4.94. The summed E-state index contributed by atoms with van der Waals surface area (Å²) in [5, 5.41) is 6.26. The average molecular weight is 394 g/mol. The van der Waals surface area contributed by atoms with Crippen molar-refractivity contribution < 1.29 is 9.53 Å². The summed E-state index contributed by atoms with van der Waals surface area (Å²) in [5.74, 6) is 0. The van der Waals surface area contributed by atoms with Crippen LogP contribution in [-0.2, 0) is 16.0 Å². The van der Waals surface area contributed by atoms with Crippen molar-refractivity contribution in [3.05, 3.63) is 48.0 Å². The van der Waals surface area contributed by atoms with E-state index in [0.717, 1.165) is 24.6 Å². The molecule has 132 valence electrons. The number of halogens is 1. The Hall–Kier alpha value is -1.39. The smallest absolute Gasteiger partial charge is 0.207 e. The molecule has 1 unspecified atom stereocenters. The summed E-state index contributed by atoms with van der Waals surface area (Å²) in [4.78, 5) is 10.6. The van der Waals surface area contributed by atoms with Gasteiger partial charge in [0.05, 0.1) is 5.60 Å². The van der Waals surface area contributed by atoms with Crippen LogP contribution < -0.4 is 5.32 Å². The molecule has 0 saturated heterocycles. The largest absolute Gasteiger partial charge is 0.379 e. The molecule has 0 fully saturated rings. The fourth-order valence-corrected chi connectivity index (χ4v) is 2.68. The van der Waals surface area contributed by atoms with Crippen LogP contribution in [0.15, 0.2) is 42.5 Å². The number of carbonyl (C=O) groups is 1. The molecular weight excluding hydrogens is 366 g/mol. The van der Waals surface area contributed by atoms with Crippen molar-refractivity contribution in [2.75, 3.05) is 12.4 Å². The summed E-state index contributed by atoms with van der Waals surface area (Å²) >= 11 is 3.42. The van der Waals surface area contributed by atoms with E-state index in [1.165, 1.54) is 16.3 Å². The van der Waals surface area contributed by atoms with Gasteiger partial charge in [-0.05, 0) is 49.9 Å². The van der Waals surface area contributed by atoms with Crippen molar-refractivity contribution in [1.82, 2.24) is 5.32 Å². The van der Waals surface area contributed by atoms with E-state index in [-0.39, 0.29) is 11.6 Å². The number of nitrogens with one attached hydrogen (secondary N) is 1. The Labute approximate surface area is 153 Å². The molecule has 0 aliphatic carbocycles. The van der Waals surface area contributed by atoms with Crippen molar-refractivity contribution in [3.8, 4) is 0 Å². The minimum atomic E-state index is 0.0417. The number of methoxy groups -OCH3 is 1. The molecule has 1 atom stereocenters. The van der Waals surface area contributed by atoms with E-state index in [4.69, 9.17) is 4.74 Å². The van der Waals surface area contributed by atoms with Gasteiger partial charge in [0.15, 0.2) is 0 Å². The van der Waals surface area contributed by atoms with Crippen LogP contribution in [0.2, 0.25) is 0 Å². The predicted molar refractivity (Wildman–Crippen MR) is 106 cm³/mol. The van der Waals surface area contributed by atoms with E-state index < -0.39 is 0 Å². The molecule has 0 aliphatic heterocycles. The summed E-state index contributed by atoms with van der Waals surface area (Å²) in [6, 6.07) is 15.0. The molecular formula is C20H28BrNO2. The number of hydrogen-bond donors (Lipinski definition) is 1. The summed E-state index contributed by atoms with van der Waals surface area (Å²) in [6.45, 7) is 6.06. The minimum Gasteiger partial charge on any atom is -0.379 e. The van der Waals surface area contributed by atoms with Gasteiger partial charge in [0.2, 0.25) is 6.41 Å². The van der Waals surface area contributed by atoms with Gasteiger partial charge in [0.25, 0.3) is 0 Å². The van der Waals surface area contributed by atoms with Crippen molar-refractivity contribution in [2.24, 2.45) is 0 Å². The molecule has 0 radical (unpaired) electrons. The van der Waals surface area contributed by atoms with Crippen LogP contribution in [0.5, 0.6) is 0 Å². The van der Waals surface area contributed by atoms with E-state index in [0.29, 0.717) is 0 Å². The molecule has 2 rings (SSSR count). The fraction of sp³-hybridized carbons (Fsp3) is 0.450. The molecule has 1 amide bonds. The van der Waals surface area contributed by atoms with E-state index in [1.807, 2.05) is 32.9 Å². The summed E-state index contributed by atoms with van der Waals surface area (Å²) in [5.41, 5.74) is 1.30. The topological polar surface area (TPSA) is 38.3 Å². The number of rotatable bonds is 6. The number of hydrogen-bond acceptors (Lipinski definition) is 2. The second-order valence-corrected chi connectivity index (χ2v) is 7.45. The van der Waals surface area contributed by atoms with Gasteiger partial charge in [-0.3, -0.25) is 4.79 Å². The van der Waals surface area contributed by atoms with Crippen molar-refractivity contribution in [1.29, 1.82) is 0 Å². The number of fused-ring (bicyclic) bond motifs is 1. The Balaban J connectivity index is 0.000000413. The Morgan fingerprint density at radius 3 is 2.33 bits per heavy atom. The van der Waals surface area contributed by atoms with Crippen LogP contribution in [0.1, 0.15) is 32.8 Å². The van der Waals surface area contributed by atoms with Crippen LogP contribution in [0.25, 0.3) is 10.8 Å². The molecule has 0 spiro atoms. The third-order valence-electron chi connectivity index (χ3n) is 3.67. The van der Waals surface area contributed by atoms with E-state index in [2.05, 4.69) is 51.6 Å². The molecule has 2 aromatic rings. The number of amides is 1. The number of carbonyl (C=O) groups excluding carboxylic acids is 1. The molecule has 0 aromatic heterocycles. The van der Waals surface area contributed by atoms with Crippen molar-refractivity contribution in [3.63, 3.8) is 0 Å². The molecule has 2 aromatic carbocycles. The van der Waals surface area contributed by atoms with Gasteiger partial charge in [-0.1, -0.05) is 58.4 Å². The van der Waals surface area contributed by atoms with Crippen molar-refractivity contribution >= 4 is 33.1 Å². The molecule has 4 heteroatoms. The molecule has 0 heterocycles. The molecule has 24 heavy (non-hydrogen) atoms. The van der Waals surface area contributed by atoms with Gasteiger partial charge < -0.3 is 10.1 Å². The van der Waals surface area contributed by atoms with Gasteiger partial charge in [0.1, 0.15) is 0 Å². The summed E-state index contributed by atoms with van der Waals surface area (Å²) in [6.07, 6.45) is 2.59. The second-order valence-electron chi connectivity index (χ2n) is 6.66. The standard InChI is InChI=1S/C15H16BrNO.C5H12O/c16-8-7-15(17-11-18)10-12-5-6-13-3-1-2-4-14(13)9-12;1-5(2,3)6-4/h1-6,9,11,15H,7-8,10H2,(H,17,18);1-4H3. The van der Waals surface area contributed by atoms with Gasteiger partial charge in [-0.15, -0.1) is 0 Å². The zero-order chi connectivity index (χ0) is 18.0. The predicted octanol–water partition coefficient (Wildman–Crippen LogP) is 4.71. The highest BCUT2D eigenvalue weighted by atomic mass is 79.9. The molecule has 0 saturated carbocycles. The van der Waals surface area contributed by atoms with Gasteiger partial charge in [-0.25, -0.2) is 0 Å². The van der Waals surface area contributed by atoms with Gasteiger partial charge in [-0.2, -0.15) is 0 Å². The normalized spacial score (nSPS) is 12.2. The van der Waals surface area contributed by atoms with E-state index in [1.54, 1.807) is 7.11 Å². The Morgan fingerprint density at radius 1 is 1.17 bits per heavy atom. The zero-order valence-electron chi connectivity index (χ0n) is 15.0. The molecule has 3 nitrogen and oxygen atoms in total. The van der Waals surface area contributed by atoms with Crippen LogP contribution in [0, 0.1) is 0 Å². The van der Waals surface area contributed by atoms with Gasteiger partial charge in [0, 0.05) is 18.5 Å². The van der Waals surface area contributed by atoms with Crippen LogP contribution in [0.3, 0.4) is 0 Å². The third-order valence-corrected chi connectivity index (χ3v) is 4.13. The average Bonchev–Trinajstić information content (AvgIpc) is 2.55. The second kappa shape index (κ2) is 10.5. The first-order chi connectivity index (χ1) is 11.4. The maximum atomic E-state index is 10.6. The SMILES string of the molecule is COC(C)(C)C.O=CNC(CCBr)Cc1ccc2ccccc2c1. The first-order valence-corrected chi connectivity index (χ1v) is 9.30. The van der Waals surface area contributed by atoms with Gasteiger partial charge >= 0.3 is 0 Å². The highest BCUT2D eigenvalue weighted by Crippen LogP contribution is 2.17. The maximum Gasteiger partial charge on any atom is 0.207 e. The lowest BCUT2D eigenvalue weighted by atomic mass is 10.0. The molecule has 1 N–H and O–H groups in total. The van der Waals surface area contributed by atoms with E-state index >= 15 is 0 Å². The highest BCUT2D eigenvalue weighted by molar-refractivity contribution is 9.09. The van der Waals surface area contributed by atoms with E-state index in [9.17, 15) is 4.79 Å². The summed E-state index contributed by atoms with van der Waals surface area (Å²) in [7, 11) is 1.71. The maximum absolute atomic E-state index is 10.6. The number of alkyl halides is 1. The lowest BCUT2D eigenvalue weighted by Crippen LogP contribution is -2.30. The fourth-order valence-electron chi connectivity index (χ4n) is 2.12.